The number of hydrogen-bond acceptors (Lipinski definition) is 0. The fraction of sp³-hybridized carbons (Fsp3) is 0.143. The van der Waals surface area contributed by atoms with Crippen molar-refractivity contribution in [1.29, 1.82) is 0 Å². The minimum absolute atomic E-state index is 1.24. The second kappa shape index (κ2) is 11.9. The highest BCUT2D eigenvalue weighted by molar-refractivity contribution is 6.34. The Morgan fingerprint density at radius 1 is 0.245 bits per heavy atom. The molecule has 0 fully saturated rings. The third-order valence-corrected chi connectivity index (χ3v) is 10.5. The fourth-order valence-electron chi connectivity index (χ4n) is 7.68. The topological polar surface area (TPSA) is 0 Å². The van der Waals surface area contributed by atoms with Crippen molar-refractivity contribution < 1.29 is 0 Å². The van der Waals surface area contributed by atoms with Gasteiger partial charge >= 0.3 is 0 Å². The maximum Gasteiger partial charge on any atom is -0.000139 e. The van der Waals surface area contributed by atoms with Crippen LogP contribution in [0.4, 0.5) is 0 Å². The molecule has 0 heteroatoms. The highest BCUT2D eigenvalue weighted by Gasteiger charge is 2.26. The lowest BCUT2D eigenvalue weighted by Gasteiger charge is -2.26. The van der Waals surface area contributed by atoms with Gasteiger partial charge in [0.2, 0.25) is 0 Å². The van der Waals surface area contributed by atoms with Crippen molar-refractivity contribution in [3.05, 3.63) is 166 Å². The monoisotopic (exact) mass is 630 g/mol. The third-order valence-electron chi connectivity index (χ3n) is 10.5. The van der Waals surface area contributed by atoms with Crippen molar-refractivity contribution in [2.75, 3.05) is 0 Å². The number of benzene rings is 8. The second-order valence-corrected chi connectivity index (χ2v) is 14.2. The summed E-state index contributed by atoms with van der Waals surface area (Å²) in [5.74, 6) is 0. The Labute approximate surface area is 290 Å². The van der Waals surface area contributed by atoms with Gasteiger partial charge in [0.05, 0.1) is 0 Å². The van der Waals surface area contributed by atoms with Crippen molar-refractivity contribution in [2.24, 2.45) is 0 Å². The largest absolute Gasteiger partial charge is 0.0587 e. The molecule has 238 valence electrons. The van der Waals surface area contributed by atoms with Gasteiger partial charge in [0.15, 0.2) is 0 Å². The molecular formula is C49H42. The van der Waals surface area contributed by atoms with E-state index in [1.165, 1.54) is 116 Å². The molecule has 0 aliphatic rings. The smallest absolute Gasteiger partial charge is 0.000139 e. The molecule has 0 aliphatic heterocycles. The van der Waals surface area contributed by atoms with E-state index in [1.807, 2.05) is 0 Å². The summed E-state index contributed by atoms with van der Waals surface area (Å²) in [5, 5.41) is 7.79. The van der Waals surface area contributed by atoms with Crippen LogP contribution in [0.2, 0.25) is 0 Å². The van der Waals surface area contributed by atoms with E-state index in [-0.39, 0.29) is 0 Å². The Kier molecular flexibility index (Phi) is 7.49. The lowest BCUT2D eigenvalue weighted by molar-refractivity contribution is 1.37. The first-order valence-corrected chi connectivity index (χ1v) is 17.4. The molecule has 8 rings (SSSR count). The Hall–Kier alpha value is -5.46. The zero-order valence-corrected chi connectivity index (χ0v) is 29.6. The van der Waals surface area contributed by atoms with Crippen LogP contribution in [0, 0.1) is 48.5 Å². The summed E-state index contributed by atoms with van der Waals surface area (Å²) in [7, 11) is 0. The molecule has 0 aromatic heterocycles. The molecule has 49 heavy (non-hydrogen) atoms. The van der Waals surface area contributed by atoms with Gasteiger partial charge in [-0.15, -0.1) is 0 Å². The molecular weight excluding hydrogens is 589 g/mol. The standard InChI is InChI=1S/C49H42/c1-29-8-17-36(18-9-29)44-40-25-16-33(5)26-41(40)45(37-19-10-30(2)11-20-37)49-47(39-23-14-32(4)15-24-39)43-28-35(7)34(6)27-42(43)46(48(44)49)38-21-12-31(3)13-22-38/h8-28H,1-7H3. The molecule has 0 spiro atoms. The second-order valence-electron chi connectivity index (χ2n) is 14.2. The maximum absolute atomic E-state index is 2.45. The Balaban J connectivity index is 1.77. The molecule has 0 saturated heterocycles. The molecule has 0 amide bonds. The number of aryl methyl sites for hydroxylation is 7. The van der Waals surface area contributed by atoms with Crippen LogP contribution in [0.5, 0.6) is 0 Å². The molecule has 0 nitrogen and oxygen atoms in total. The lowest BCUT2D eigenvalue weighted by Crippen LogP contribution is -1.99. The van der Waals surface area contributed by atoms with Gasteiger partial charge in [0.25, 0.3) is 0 Å². The van der Waals surface area contributed by atoms with Crippen LogP contribution < -0.4 is 0 Å². The van der Waals surface area contributed by atoms with E-state index in [9.17, 15) is 0 Å². The van der Waals surface area contributed by atoms with Gasteiger partial charge in [-0.2, -0.15) is 0 Å². The first-order chi connectivity index (χ1) is 23.7. The number of rotatable bonds is 4. The van der Waals surface area contributed by atoms with E-state index in [1.54, 1.807) is 0 Å². The van der Waals surface area contributed by atoms with Gasteiger partial charge in [-0.25, -0.2) is 0 Å². The SMILES string of the molecule is Cc1ccc(-c2c3ccc(C)cc3c(-c3ccc(C)cc3)c3c(-c4ccc(C)cc4)c4cc(C)c(C)cc4c(-c4ccc(C)cc4)c23)cc1. The van der Waals surface area contributed by atoms with E-state index < -0.39 is 0 Å². The Bertz CT molecular complexity index is 2540. The summed E-state index contributed by atoms with van der Waals surface area (Å²) in [6, 6.07) is 48.7. The Morgan fingerprint density at radius 3 is 0.837 bits per heavy atom. The summed E-state index contributed by atoms with van der Waals surface area (Å²) in [6.07, 6.45) is 0. The minimum Gasteiger partial charge on any atom is -0.0587 e. The Morgan fingerprint density at radius 2 is 0.510 bits per heavy atom. The van der Waals surface area contributed by atoms with Crippen molar-refractivity contribution in [3.8, 4) is 44.5 Å². The summed E-state index contributed by atoms with van der Waals surface area (Å²) in [4.78, 5) is 0. The average Bonchev–Trinajstić information content (AvgIpc) is 3.09. The van der Waals surface area contributed by atoms with Crippen LogP contribution >= 0.6 is 0 Å². The summed E-state index contributed by atoms with van der Waals surface area (Å²) >= 11 is 0. The normalized spacial score (nSPS) is 11.6. The van der Waals surface area contributed by atoms with Crippen molar-refractivity contribution in [3.63, 3.8) is 0 Å². The van der Waals surface area contributed by atoms with Crippen LogP contribution in [0.1, 0.15) is 38.9 Å². The van der Waals surface area contributed by atoms with E-state index in [2.05, 4.69) is 176 Å². The third kappa shape index (κ3) is 5.24. The summed E-state index contributed by atoms with van der Waals surface area (Å²) in [5.41, 5.74) is 19.1. The quantitative estimate of drug-likeness (QED) is 0.170. The molecule has 8 aromatic carbocycles. The lowest BCUT2D eigenvalue weighted by atomic mass is 9.77. The van der Waals surface area contributed by atoms with Crippen molar-refractivity contribution in [1.82, 2.24) is 0 Å². The van der Waals surface area contributed by atoms with Gasteiger partial charge in [-0.3, -0.25) is 0 Å². The molecule has 8 aromatic rings. The molecule has 0 heterocycles. The molecule has 0 radical (unpaired) electrons. The zero-order chi connectivity index (χ0) is 34.0. The van der Waals surface area contributed by atoms with E-state index in [0.29, 0.717) is 0 Å². The van der Waals surface area contributed by atoms with Gasteiger partial charge in [-0.1, -0.05) is 155 Å². The molecule has 0 bridgehead atoms. The summed E-state index contributed by atoms with van der Waals surface area (Å²) in [6.45, 7) is 15.4. The van der Waals surface area contributed by atoms with E-state index >= 15 is 0 Å². The van der Waals surface area contributed by atoms with Crippen LogP contribution in [0.3, 0.4) is 0 Å². The van der Waals surface area contributed by atoms with Crippen LogP contribution in [0.15, 0.2) is 127 Å². The molecule has 0 N–H and O–H groups in total. The highest BCUT2D eigenvalue weighted by atomic mass is 14.3. The van der Waals surface area contributed by atoms with Crippen molar-refractivity contribution in [2.45, 2.75) is 48.5 Å². The average molecular weight is 631 g/mol. The van der Waals surface area contributed by atoms with Gasteiger partial charge in [-0.05, 0) is 136 Å². The van der Waals surface area contributed by atoms with Crippen LogP contribution in [-0.2, 0) is 0 Å². The first-order valence-electron chi connectivity index (χ1n) is 17.4. The van der Waals surface area contributed by atoms with Crippen molar-refractivity contribution >= 4 is 32.3 Å². The molecule has 0 aliphatic carbocycles. The number of fused-ring (bicyclic) bond motifs is 3. The summed E-state index contributed by atoms with van der Waals surface area (Å²) < 4.78 is 0. The van der Waals surface area contributed by atoms with E-state index in [0.717, 1.165) is 0 Å². The first kappa shape index (κ1) is 30.8. The zero-order valence-electron chi connectivity index (χ0n) is 29.6. The van der Waals surface area contributed by atoms with Gasteiger partial charge in [0.1, 0.15) is 0 Å². The molecule has 0 atom stereocenters. The van der Waals surface area contributed by atoms with Crippen LogP contribution in [0.25, 0.3) is 76.8 Å². The fourth-order valence-corrected chi connectivity index (χ4v) is 7.68. The van der Waals surface area contributed by atoms with Gasteiger partial charge < -0.3 is 0 Å². The minimum atomic E-state index is 1.24. The van der Waals surface area contributed by atoms with Gasteiger partial charge in [0, 0.05) is 0 Å². The predicted molar refractivity (Wildman–Crippen MR) is 214 cm³/mol. The van der Waals surface area contributed by atoms with Crippen LogP contribution in [-0.4, -0.2) is 0 Å². The maximum atomic E-state index is 2.45. The highest BCUT2D eigenvalue weighted by Crippen LogP contribution is 2.54. The molecule has 0 unspecified atom stereocenters. The number of hydrogen-bond donors (Lipinski definition) is 0. The predicted octanol–water partition coefficient (Wildman–Crippen LogP) is 14.0. The molecule has 0 saturated carbocycles. The van der Waals surface area contributed by atoms with E-state index in [4.69, 9.17) is 0 Å².